The monoisotopic (exact) mass is 278 g/mol. The fourth-order valence-corrected chi connectivity index (χ4v) is 1.08. The first kappa shape index (κ1) is 16.6. The average Bonchev–Trinajstić information content (AvgIpc) is 2.18. The standard InChI is InChI=1S/C6H12O6.H2O4S/c7-1-2-3(8)4(9)5(10)6(11)12-2;1-5(2,3)4/h2-11H,1H2;(H2,1,2,3,4)/t2-,3-,4+,5-,6?;/m1./s1. The van der Waals surface area contributed by atoms with Gasteiger partial charge in [-0.3, -0.25) is 9.11 Å². The minimum atomic E-state index is -4.67. The van der Waals surface area contributed by atoms with Gasteiger partial charge in [-0.2, -0.15) is 8.42 Å². The molecule has 1 heterocycles. The number of aliphatic hydroxyl groups excluding tert-OH is 5. The number of rotatable bonds is 1. The van der Waals surface area contributed by atoms with Crippen LogP contribution in [0.2, 0.25) is 0 Å². The van der Waals surface area contributed by atoms with Gasteiger partial charge in [-0.05, 0) is 0 Å². The summed E-state index contributed by atoms with van der Waals surface area (Å²) in [5.74, 6) is 0. The predicted molar refractivity (Wildman–Crippen MR) is 50.2 cm³/mol. The summed E-state index contributed by atoms with van der Waals surface area (Å²) >= 11 is 0. The van der Waals surface area contributed by atoms with E-state index in [0.717, 1.165) is 0 Å². The molecule has 10 nitrogen and oxygen atoms in total. The molecule has 1 fully saturated rings. The molecule has 0 amide bonds. The second kappa shape index (κ2) is 6.53. The number of hydrogen-bond acceptors (Lipinski definition) is 8. The largest absolute Gasteiger partial charge is 0.394 e. The molecule has 0 aliphatic carbocycles. The Labute approximate surface area is 96.3 Å². The van der Waals surface area contributed by atoms with Crippen LogP contribution in [0.25, 0.3) is 0 Å². The maximum Gasteiger partial charge on any atom is 0.394 e. The van der Waals surface area contributed by atoms with E-state index in [2.05, 4.69) is 4.74 Å². The van der Waals surface area contributed by atoms with Gasteiger partial charge in [-0.25, -0.2) is 0 Å². The fraction of sp³-hybridized carbons (Fsp3) is 1.00. The normalized spacial score (nSPS) is 38.2. The van der Waals surface area contributed by atoms with Crippen LogP contribution in [0.1, 0.15) is 0 Å². The van der Waals surface area contributed by atoms with E-state index >= 15 is 0 Å². The van der Waals surface area contributed by atoms with Gasteiger partial charge in [0.1, 0.15) is 24.4 Å². The molecule has 1 aliphatic rings. The maximum atomic E-state index is 9.12. The van der Waals surface area contributed by atoms with Gasteiger partial charge in [0.25, 0.3) is 0 Å². The van der Waals surface area contributed by atoms with Crippen molar-refractivity contribution in [3.8, 4) is 0 Å². The van der Waals surface area contributed by atoms with Crippen molar-refractivity contribution < 1.29 is 47.8 Å². The minimum Gasteiger partial charge on any atom is -0.394 e. The predicted octanol–water partition coefficient (Wildman–Crippen LogP) is -3.87. The number of ether oxygens (including phenoxy) is 1. The number of aliphatic hydroxyl groups is 5. The Morgan fingerprint density at radius 1 is 0.941 bits per heavy atom. The maximum absolute atomic E-state index is 9.12. The molecule has 0 aromatic carbocycles. The molecule has 1 saturated heterocycles. The van der Waals surface area contributed by atoms with Crippen LogP contribution in [0.5, 0.6) is 0 Å². The second-order valence-electron chi connectivity index (χ2n) is 3.17. The average molecular weight is 278 g/mol. The molecular weight excluding hydrogens is 264 g/mol. The lowest BCUT2D eigenvalue weighted by Gasteiger charge is -2.37. The molecule has 0 bridgehead atoms. The van der Waals surface area contributed by atoms with Gasteiger partial charge in [-0.1, -0.05) is 0 Å². The molecule has 104 valence electrons. The van der Waals surface area contributed by atoms with Gasteiger partial charge in [0, 0.05) is 0 Å². The van der Waals surface area contributed by atoms with Crippen molar-refractivity contribution in [2.24, 2.45) is 0 Å². The summed E-state index contributed by atoms with van der Waals surface area (Å²) in [5, 5.41) is 44.7. The Morgan fingerprint density at radius 2 is 1.35 bits per heavy atom. The summed E-state index contributed by atoms with van der Waals surface area (Å²) in [6.45, 7) is -0.526. The summed E-state index contributed by atoms with van der Waals surface area (Å²) in [4.78, 5) is 0. The zero-order valence-electron chi connectivity index (χ0n) is 8.36. The van der Waals surface area contributed by atoms with Crippen LogP contribution in [-0.4, -0.2) is 80.4 Å². The van der Waals surface area contributed by atoms with Crippen molar-refractivity contribution >= 4 is 10.4 Å². The van der Waals surface area contributed by atoms with Crippen LogP contribution < -0.4 is 0 Å². The smallest absolute Gasteiger partial charge is 0.394 e. The zero-order chi connectivity index (χ0) is 13.8. The van der Waals surface area contributed by atoms with Crippen LogP contribution in [0.3, 0.4) is 0 Å². The topological polar surface area (TPSA) is 185 Å². The molecular formula is C6H14O10S. The molecule has 1 aliphatic heterocycles. The van der Waals surface area contributed by atoms with Gasteiger partial charge in [0.15, 0.2) is 6.29 Å². The van der Waals surface area contributed by atoms with Gasteiger partial charge >= 0.3 is 10.4 Å². The van der Waals surface area contributed by atoms with Crippen molar-refractivity contribution in [1.29, 1.82) is 0 Å². The quantitative estimate of drug-likeness (QED) is 0.234. The zero-order valence-corrected chi connectivity index (χ0v) is 9.17. The Hall–Kier alpha value is -0.370. The molecule has 0 aromatic rings. The van der Waals surface area contributed by atoms with Crippen molar-refractivity contribution in [3.05, 3.63) is 0 Å². The molecule has 11 heteroatoms. The van der Waals surface area contributed by atoms with Crippen molar-refractivity contribution in [2.75, 3.05) is 6.61 Å². The SMILES string of the molecule is O=S(=O)(O)O.OC[C@H]1OC(O)[C@H](O)[C@@H](O)[C@@H]1O. The lowest BCUT2D eigenvalue weighted by molar-refractivity contribution is -0.286. The van der Waals surface area contributed by atoms with Crippen LogP contribution in [-0.2, 0) is 15.1 Å². The van der Waals surface area contributed by atoms with E-state index in [1.54, 1.807) is 0 Å². The van der Waals surface area contributed by atoms with Gasteiger partial charge in [0.2, 0.25) is 0 Å². The first-order valence-electron chi connectivity index (χ1n) is 4.26. The third-order valence-electron chi connectivity index (χ3n) is 1.87. The third kappa shape index (κ3) is 6.21. The van der Waals surface area contributed by atoms with Gasteiger partial charge < -0.3 is 30.3 Å². The van der Waals surface area contributed by atoms with E-state index in [1.807, 2.05) is 0 Å². The Balaban J connectivity index is 0.000000437. The minimum absolute atomic E-state index is 0.526. The van der Waals surface area contributed by atoms with Crippen molar-refractivity contribution in [2.45, 2.75) is 30.7 Å². The van der Waals surface area contributed by atoms with E-state index in [1.165, 1.54) is 0 Å². The highest BCUT2D eigenvalue weighted by molar-refractivity contribution is 7.79. The van der Waals surface area contributed by atoms with Crippen LogP contribution in [0.15, 0.2) is 0 Å². The molecule has 0 saturated carbocycles. The lowest BCUT2D eigenvalue weighted by Crippen LogP contribution is -2.58. The van der Waals surface area contributed by atoms with Crippen LogP contribution in [0.4, 0.5) is 0 Å². The highest BCUT2D eigenvalue weighted by atomic mass is 32.3. The van der Waals surface area contributed by atoms with Crippen molar-refractivity contribution in [1.82, 2.24) is 0 Å². The summed E-state index contributed by atoms with van der Waals surface area (Å²) in [7, 11) is -4.67. The second-order valence-corrected chi connectivity index (χ2v) is 4.06. The van der Waals surface area contributed by atoms with Crippen molar-refractivity contribution in [3.63, 3.8) is 0 Å². The van der Waals surface area contributed by atoms with E-state index in [-0.39, 0.29) is 0 Å². The fourth-order valence-electron chi connectivity index (χ4n) is 1.08. The van der Waals surface area contributed by atoms with Crippen LogP contribution >= 0.6 is 0 Å². The third-order valence-corrected chi connectivity index (χ3v) is 1.87. The Morgan fingerprint density at radius 3 is 1.71 bits per heavy atom. The van der Waals surface area contributed by atoms with E-state index in [4.69, 9.17) is 43.1 Å². The molecule has 0 spiro atoms. The Kier molecular flexibility index (Phi) is 6.39. The lowest BCUT2D eigenvalue weighted by atomic mass is 10.00. The summed E-state index contributed by atoms with van der Waals surface area (Å²) < 4.78 is 36.2. The molecule has 7 N–H and O–H groups in total. The molecule has 1 rings (SSSR count). The molecule has 5 atom stereocenters. The van der Waals surface area contributed by atoms with E-state index in [9.17, 15) is 0 Å². The van der Waals surface area contributed by atoms with Gasteiger partial charge in [-0.15, -0.1) is 0 Å². The molecule has 0 radical (unpaired) electrons. The Bertz CT molecular complexity index is 302. The first-order chi connectivity index (χ1) is 7.57. The molecule has 1 unspecified atom stereocenters. The number of hydrogen-bond donors (Lipinski definition) is 7. The van der Waals surface area contributed by atoms with Gasteiger partial charge in [0.05, 0.1) is 6.61 Å². The summed E-state index contributed by atoms with van der Waals surface area (Å²) in [5.41, 5.74) is 0. The summed E-state index contributed by atoms with van der Waals surface area (Å²) in [6, 6.07) is 0. The summed E-state index contributed by atoms with van der Waals surface area (Å²) in [6.07, 6.45) is -7.04. The highest BCUT2D eigenvalue weighted by Crippen LogP contribution is 2.18. The first-order valence-corrected chi connectivity index (χ1v) is 5.66. The van der Waals surface area contributed by atoms with E-state index in [0.29, 0.717) is 0 Å². The molecule has 17 heavy (non-hydrogen) atoms. The highest BCUT2D eigenvalue weighted by Gasteiger charge is 2.42. The van der Waals surface area contributed by atoms with Crippen LogP contribution in [0, 0.1) is 0 Å². The molecule has 0 aromatic heterocycles. The van der Waals surface area contributed by atoms with E-state index < -0.39 is 47.7 Å².